The molecule has 1 aromatic rings. The zero-order valence-electron chi connectivity index (χ0n) is 14.3. The number of hydrogen-bond acceptors (Lipinski definition) is 3. The first-order valence-electron chi connectivity index (χ1n) is 7.71. The van der Waals surface area contributed by atoms with Gasteiger partial charge in [0.2, 0.25) is 5.91 Å². The molecule has 25 heavy (non-hydrogen) atoms. The summed E-state index contributed by atoms with van der Waals surface area (Å²) in [6.07, 6.45) is -5.12. The van der Waals surface area contributed by atoms with Crippen molar-refractivity contribution in [2.24, 2.45) is 0 Å². The van der Waals surface area contributed by atoms with Crippen molar-refractivity contribution in [1.29, 1.82) is 0 Å². The van der Waals surface area contributed by atoms with Crippen molar-refractivity contribution in [3.8, 4) is 0 Å². The van der Waals surface area contributed by atoms with Gasteiger partial charge < -0.3 is 15.2 Å². The Labute approximate surface area is 144 Å². The van der Waals surface area contributed by atoms with Crippen molar-refractivity contribution in [3.05, 3.63) is 35.4 Å². The van der Waals surface area contributed by atoms with Crippen LogP contribution in [0.5, 0.6) is 0 Å². The molecule has 0 bridgehead atoms. The Bertz CT molecular complexity index is 609. The number of halogens is 3. The number of carbonyl (C=O) groups is 2. The minimum absolute atomic E-state index is 0.0132. The van der Waals surface area contributed by atoms with E-state index in [2.05, 4.69) is 5.32 Å². The summed E-state index contributed by atoms with van der Waals surface area (Å²) in [6, 6.07) is 3.47. The van der Waals surface area contributed by atoms with Crippen molar-refractivity contribution >= 4 is 11.9 Å². The minimum Gasteiger partial charge on any atom is -0.480 e. The van der Waals surface area contributed by atoms with E-state index in [1.165, 1.54) is 18.2 Å². The van der Waals surface area contributed by atoms with Gasteiger partial charge in [0.25, 0.3) is 0 Å². The molecule has 1 amide bonds. The number of rotatable bonds is 7. The van der Waals surface area contributed by atoms with Crippen molar-refractivity contribution in [2.75, 3.05) is 6.61 Å². The Morgan fingerprint density at radius 3 is 2.32 bits per heavy atom. The molecule has 1 unspecified atom stereocenters. The zero-order chi connectivity index (χ0) is 19.3. The minimum atomic E-state index is -4.58. The molecule has 0 aromatic heterocycles. The summed E-state index contributed by atoms with van der Waals surface area (Å²) in [7, 11) is 0. The molecule has 8 heteroatoms. The lowest BCUT2D eigenvalue weighted by Crippen LogP contribution is -2.42. The molecule has 1 aromatic carbocycles. The van der Waals surface area contributed by atoms with Crippen LogP contribution in [0.4, 0.5) is 13.2 Å². The van der Waals surface area contributed by atoms with Gasteiger partial charge in [0.15, 0.2) is 0 Å². The number of ether oxygens (including phenoxy) is 1. The van der Waals surface area contributed by atoms with Crippen LogP contribution in [0.1, 0.15) is 38.3 Å². The maximum absolute atomic E-state index is 12.9. The molecule has 0 aliphatic rings. The van der Waals surface area contributed by atoms with Gasteiger partial charge in [-0.3, -0.25) is 4.79 Å². The first-order chi connectivity index (χ1) is 11.4. The number of carbonyl (C=O) groups excluding carboxylic acids is 1. The number of carboxylic acids is 1. The Kier molecular flexibility index (Phi) is 6.98. The summed E-state index contributed by atoms with van der Waals surface area (Å²) in [6.45, 7) is 5.50. The fourth-order valence-corrected chi connectivity index (χ4v) is 2.11. The van der Waals surface area contributed by atoms with E-state index in [1.54, 1.807) is 20.8 Å². The average Bonchev–Trinajstić information content (AvgIpc) is 2.44. The van der Waals surface area contributed by atoms with E-state index >= 15 is 0 Å². The molecule has 0 saturated carbocycles. The number of aliphatic carboxylic acids is 1. The first-order valence-corrected chi connectivity index (χ1v) is 7.71. The molecule has 1 atom stereocenters. The van der Waals surface area contributed by atoms with Gasteiger partial charge in [-0.1, -0.05) is 18.2 Å². The highest BCUT2D eigenvalue weighted by Crippen LogP contribution is 2.32. The highest BCUT2D eigenvalue weighted by molar-refractivity contribution is 5.85. The largest absolute Gasteiger partial charge is 0.480 e. The Balaban J connectivity index is 2.72. The third-order valence-corrected chi connectivity index (χ3v) is 3.25. The van der Waals surface area contributed by atoms with Crippen molar-refractivity contribution in [1.82, 2.24) is 5.32 Å². The molecule has 0 heterocycles. The molecule has 0 saturated heterocycles. The van der Waals surface area contributed by atoms with Crippen molar-refractivity contribution < 1.29 is 32.6 Å². The summed E-state index contributed by atoms with van der Waals surface area (Å²) >= 11 is 0. The molecular weight excluding hydrogens is 339 g/mol. The monoisotopic (exact) mass is 361 g/mol. The van der Waals surface area contributed by atoms with E-state index in [1.807, 2.05) is 0 Å². The molecule has 0 aliphatic heterocycles. The fraction of sp³-hybridized carbons (Fsp3) is 0.529. The molecule has 0 aliphatic carbocycles. The van der Waals surface area contributed by atoms with Gasteiger partial charge in [0.1, 0.15) is 6.04 Å². The lowest BCUT2D eigenvalue weighted by atomic mass is 10.0. The number of amides is 1. The standard InChI is InChI=1S/C17H22F3NO4/c1-16(2,3)25-9-8-13(15(23)24)21-14(22)10-11-6-4-5-7-12(11)17(18,19)20/h4-7,13H,8-10H2,1-3H3,(H,21,22)(H,23,24). The molecule has 5 nitrogen and oxygen atoms in total. The third-order valence-electron chi connectivity index (χ3n) is 3.25. The van der Waals surface area contributed by atoms with Crippen LogP contribution in [0.2, 0.25) is 0 Å². The second-order valence-corrected chi connectivity index (χ2v) is 6.54. The molecule has 0 spiro atoms. The van der Waals surface area contributed by atoms with Gasteiger partial charge in [-0.2, -0.15) is 13.2 Å². The van der Waals surface area contributed by atoms with Gasteiger partial charge in [0, 0.05) is 13.0 Å². The van der Waals surface area contributed by atoms with Crippen LogP contribution in [-0.2, 0) is 26.9 Å². The summed E-state index contributed by atoms with van der Waals surface area (Å²) in [4.78, 5) is 23.2. The molecule has 2 N–H and O–H groups in total. The van der Waals surface area contributed by atoms with Gasteiger partial charge in [-0.05, 0) is 32.4 Å². The Morgan fingerprint density at radius 2 is 1.80 bits per heavy atom. The Hall–Kier alpha value is -2.09. The van der Waals surface area contributed by atoms with Crippen LogP contribution in [0, 0.1) is 0 Å². The number of nitrogens with one attached hydrogen (secondary N) is 1. The van der Waals surface area contributed by atoms with E-state index in [4.69, 9.17) is 9.84 Å². The normalized spacial score (nSPS) is 13.4. The topological polar surface area (TPSA) is 75.6 Å². The summed E-state index contributed by atoms with van der Waals surface area (Å²) in [5, 5.41) is 11.4. The highest BCUT2D eigenvalue weighted by atomic mass is 19.4. The summed E-state index contributed by atoms with van der Waals surface area (Å²) < 4.78 is 44.2. The van der Waals surface area contributed by atoms with E-state index in [9.17, 15) is 22.8 Å². The van der Waals surface area contributed by atoms with Gasteiger partial charge in [0.05, 0.1) is 17.6 Å². The maximum Gasteiger partial charge on any atom is 0.416 e. The quantitative estimate of drug-likeness (QED) is 0.783. The van der Waals surface area contributed by atoms with Crippen molar-refractivity contribution in [2.45, 2.75) is 51.4 Å². The maximum atomic E-state index is 12.9. The van der Waals surface area contributed by atoms with E-state index < -0.39 is 41.7 Å². The number of benzene rings is 1. The number of hydrogen-bond donors (Lipinski definition) is 2. The second-order valence-electron chi connectivity index (χ2n) is 6.54. The second kappa shape index (κ2) is 8.33. The summed E-state index contributed by atoms with van der Waals surface area (Å²) in [5.74, 6) is -2.06. The van der Waals surface area contributed by atoms with Gasteiger partial charge in [-0.25, -0.2) is 4.79 Å². The fourth-order valence-electron chi connectivity index (χ4n) is 2.11. The van der Waals surface area contributed by atoms with Crippen LogP contribution in [0.15, 0.2) is 24.3 Å². The van der Waals surface area contributed by atoms with Gasteiger partial charge in [-0.15, -0.1) is 0 Å². The SMILES string of the molecule is CC(C)(C)OCCC(NC(=O)Cc1ccccc1C(F)(F)F)C(=O)O. The first kappa shape index (κ1) is 21.0. The predicted molar refractivity (Wildman–Crippen MR) is 85.0 cm³/mol. The van der Waals surface area contributed by atoms with Crippen molar-refractivity contribution in [3.63, 3.8) is 0 Å². The van der Waals surface area contributed by atoms with E-state index in [0.29, 0.717) is 0 Å². The number of alkyl halides is 3. The highest BCUT2D eigenvalue weighted by Gasteiger charge is 2.33. The van der Waals surface area contributed by atoms with Crippen LogP contribution < -0.4 is 5.32 Å². The van der Waals surface area contributed by atoms with Crippen LogP contribution in [-0.4, -0.2) is 35.2 Å². The van der Waals surface area contributed by atoms with Crippen LogP contribution in [0.3, 0.4) is 0 Å². The predicted octanol–water partition coefficient (Wildman–Crippen LogP) is 3.02. The molecule has 0 fully saturated rings. The lowest BCUT2D eigenvalue weighted by Gasteiger charge is -2.21. The average molecular weight is 361 g/mol. The smallest absolute Gasteiger partial charge is 0.416 e. The number of carboxylic acid groups (broad SMARTS) is 1. The summed E-state index contributed by atoms with van der Waals surface area (Å²) in [5.41, 5.74) is -1.57. The lowest BCUT2D eigenvalue weighted by molar-refractivity contribution is -0.143. The molecule has 140 valence electrons. The molecule has 1 rings (SSSR count). The molecule has 0 radical (unpaired) electrons. The van der Waals surface area contributed by atoms with Gasteiger partial charge >= 0.3 is 12.1 Å². The zero-order valence-corrected chi connectivity index (χ0v) is 14.3. The van der Waals surface area contributed by atoms with Crippen LogP contribution in [0.25, 0.3) is 0 Å². The molecular formula is C17H22F3NO4. The van der Waals surface area contributed by atoms with E-state index in [-0.39, 0.29) is 18.6 Å². The Morgan fingerprint density at radius 1 is 1.20 bits per heavy atom. The van der Waals surface area contributed by atoms with Crippen LogP contribution >= 0.6 is 0 Å². The van der Waals surface area contributed by atoms with E-state index in [0.717, 1.165) is 6.07 Å². The third kappa shape index (κ3) is 7.55.